The molecule has 0 saturated heterocycles. The lowest BCUT2D eigenvalue weighted by Crippen LogP contribution is -2.61. The van der Waals surface area contributed by atoms with Crippen LogP contribution in [0.5, 0.6) is 0 Å². The van der Waals surface area contributed by atoms with Gasteiger partial charge in [0.05, 0.1) is 17.0 Å². The highest BCUT2D eigenvalue weighted by Crippen LogP contribution is 2.60. The van der Waals surface area contributed by atoms with Gasteiger partial charge in [0.1, 0.15) is 5.58 Å². The summed E-state index contributed by atoms with van der Waals surface area (Å²) in [6, 6.07) is 46.0. The van der Waals surface area contributed by atoms with Crippen molar-refractivity contribution in [1.82, 2.24) is 0 Å². The van der Waals surface area contributed by atoms with Gasteiger partial charge in [0.15, 0.2) is 0 Å². The SMILES string of the molecule is CC(C)(C)c1ccc(N2c3cc(C4CCCCC4)cc4c3B(c3ccc(C(C)(C)C)cc3N4c3cccc4c3-c3ccccc3C43CCCCC3)c3oc4ccc(C(C)(C)C)cc4c32)cc1. The first kappa shape index (κ1) is 41.9. The fourth-order valence-electron chi connectivity index (χ4n) is 13.1. The number of benzene rings is 6. The van der Waals surface area contributed by atoms with E-state index in [1.807, 2.05) is 0 Å². The quantitative estimate of drug-likeness (QED) is 0.165. The van der Waals surface area contributed by atoms with Crippen molar-refractivity contribution in [1.29, 1.82) is 0 Å². The predicted octanol–water partition coefficient (Wildman–Crippen LogP) is 15.7. The number of rotatable bonds is 3. The Morgan fingerprint density at radius 2 is 1.17 bits per heavy atom. The predicted molar refractivity (Wildman–Crippen MR) is 281 cm³/mol. The summed E-state index contributed by atoms with van der Waals surface area (Å²) in [5, 5.41) is 1.19. The van der Waals surface area contributed by atoms with E-state index < -0.39 is 0 Å². The molecular formula is C62H67BN2O. The van der Waals surface area contributed by atoms with Crippen LogP contribution in [0.4, 0.5) is 34.1 Å². The van der Waals surface area contributed by atoms with Crippen LogP contribution in [0.2, 0.25) is 0 Å². The summed E-state index contributed by atoms with van der Waals surface area (Å²) in [5.74, 6) is 0.510. The molecule has 0 amide bonds. The Balaban J connectivity index is 1.21. The Morgan fingerprint density at radius 1 is 0.545 bits per heavy atom. The van der Waals surface area contributed by atoms with E-state index in [4.69, 9.17) is 4.42 Å². The minimum Gasteiger partial charge on any atom is -0.468 e. The Morgan fingerprint density at radius 3 is 1.88 bits per heavy atom. The maximum Gasteiger partial charge on any atom is 0.297 e. The van der Waals surface area contributed by atoms with Crippen LogP contribution in [0, 0.1) is 0 Å². The molecule has 7 aromatic rings. The number of hydrogen-bond acceptors (Lipinski definition) is 3. The van der Waals surface area contributed by atoms with Crippen LogP contribution in [0.3, 0.4) is 0 Å². The van der Waals surface area contributed by atoms with E-state index in [-0.39, 0.29) is 28.4 Å². The van der Waals surface area contributed by atoms with Crippen molar-refractivity contribution in [3.63, 3.8) is 0 Å². The molecular weight excluding hydrogens is 800 g/mol. The van der Waals surface area contributed by atoms with E-state index in [0.717, 1.165) is 11.2 Å². The first-order valence-electron chi connectivity index (χ1n) is 25.5. The lowest BCUT2D eigenvalue weighted by molar-refractivity contribution is 0.353. The highest BCUT2D eigenvalue weighted by molar-refractivity contribution is 7.00. The third-order valence-electron chi connectivity index (χ3n) is 16.7. The summed E-state index contributed by atoms with van der Waals surface area (Å²) in [5.41, 5.74) is 23.7. The second-order valence-corrected chi connectivity index (χ2v) is 23.9. The average Bonchev–Trinajstić information content (AvgIpc) is 3.81. The summed E-state index contributed by atoms with van der Waals surface area (Å²) >= 11 is 0. The fourth-order valence-corrected chi connectivity index (χ4v) is 13.1. The number of furan rings is 1. The van der Waals surface area contributed by atoms with Gasteiger partial charge in [-0.25, -0.2) is 0 Å². The molecule has 12 rings (SSSR count). The van der Waals surface area contributed by atoms with Crippen LogP contribution < -0.4 is 26.4 Å². The van der Waals surface area contributed by atoms with Crippen molar-refractivity contribution < 1.29 is 4.42 Å². The maximum atomic E-state index is 7.41. The highest BCUT2D eigenvalue weighted by Gasteiger charge is 2.50. The molecule has 334 valence electrons. The van der Waals surface area contributed by atoms with Crippen LogP contribution in [0.15, 0.2) is 120 Å². The van der Waals surface area contributed by atoms with Crippen molar-refractivity contribution >= 4 is 68.4 Å². The fraction of sp³-hybridized carbons (Fsp3) is 0.387. The Kier molecular flexibility index (Phi) is 9.38. The highest BCUT2D eigenvalue weighted by atomic mass is 16.3. The molecule has 2 aliphatic heterocycles. The monoisotopic (exact) mass is 867 g/mol. The first-order valence-corrected chi connectivity index (χ1v) is 25.5. The van der Waals surface area contributed by atoms with Gasteiger partial charge in [0.2, 0.25) is 0 Å². The van der Waals surface area contributed by atoms with Crippen molar-refractivity contribution in [2.45, 2.75) is 154 Å². The largest absolute Gasteiger partial charge is 0.468 e. The lowest BCUT2D eigenvalue weighted by atomic mass is 9.35. The molecule has 1 spiro atoms. The Bertz CT molecular complexity index is 3060. The number of nitrogens with zero attached hydrogens (tertiary/aromatic N) is 2. The summed E-state index contributed by atoms with van der Waals surface area (Å²) in [6.45, 7) is 21.0. The summed E-state index contributed by atoms with van der Waals surface area (Å²) < 4.78 is 7.41. The van der Waals surface area contributed by atoms with E-state index in [1.54, 1.807) is 0 Å². The number of fused-ring (bicyclic) bond motifs is 11. The molecule has 2 fully saturated rings. The molecule has 2 saturated carbocycles. The van der Waals surface area contributed by atoms with Crippen molar-refractivity contribution in [3.8, 4) is 11.1 Å². The summed E-state index contributed by atoms with van der Waals surface area (Å²) in [4.78, 5) is 5.37. The van der Waals surface area contributed by atoms with Crippen molar-refractivity contribution in [2.75, 3.05) is 9.80 Å². The number of hydrogen-bond donors (Lipinski definition) is 0. The molecule has 3 heterocycles. The zero-order valence-electron chi connectivity index (χ0n) is 41.0. The minimum absolute atomic E-state index is 0.0164. The molecule has 0 radical (unpaired) electrons. The van der Waals surface area contributed by atoms with Gasteiger partial charge in [-0.15, -0.1) is 0 Å². The van der Waals surface area contributed by atoms with Crippen LogP contribution in [-0.2, 0) is 21.7 Å². The van der Waals surface area contributed by atoms with Gasteiger partial charge in [0, 0.05) is 39.1 Å². The third kappa shape index (κ3) is 6.29. The summed E-state index contributed by atoms with van der Waals surface area (Å²) in [6.07, 6.45) is 12.7. The molecule has 0 bridgehead atoms. The van der Waals surface area contributed by atoms with Gasteiger partial charge in [-0.05, 0) is 146 Å². The molecule has 0 atom stereocenters. The second kappa shape index (κ2) is 14.8. The van der Waals surface area contributed by atoms with Gasteiger partial charge in [-0.2, -0.15) is 0 Å². The molecule has 3 nitrogen and oxygen atoms in total. The zero-order chi connectivity index (χ0) is 45.5. The molecule has 5 aliphatic rings. The lowest BCUT2D eigenvalue weighted by Gasteiger charge is -2.44. The maximum absolute atomic E-state index is 7.41. The van der Waals surface area contributed by atoms with Crippen LogP contribution in [0.1, 0.15) is 166 Å². The van der Waals surface area contributed by atoms with Gasteiger partial charge in [-0.3, -0.25) is 0 Å². The van der Waals surface area contributed by atoms with E-state index in [1.165, 1.54) is 159 Å². The Hall–Kier alpha value is -5.48. The van der Waals surface area contributed by atoms with E-state index in [9.17, 15) is 0 Å². The van der Waals surface area contributed by atoms with Gasteiger partial charge < -0.3 is 14.2 Å². The van der Waals surface area contributed by atoms with Crippen LogP contribution in [0.25, 0.3) is 22.1 Å². The van der Waals surface area contributed by atoms with Crippen LogP contribution in [-0.4, -0.2) is 6.71 Å². The third-order valence-corrected chi connectivity index (χ3v) is 16.7. The van der Waals surface area contributed by atoms with E-state index in [2.05, 4.69) is 187 Å². The minimum atomic E-state index is -0.0880. The van der Waals surface area contributed by atoms with Crippen molar-refractivity contribution in [2.24, 2.45) is 0 Å². The normalized spacial score (nSPS) is 17.7. The average molecular weight is 867 g/mol. The smallest absolute Gasteiger partial charge is 0.297 e. The number of anilines is 6. The summed E-state index contributed by atoms with van der Waals surface area (Å²) in [7, 11) is 0. The van der Waals surface area contributed by atoms with Crippen LogP contribution >= 0.6 is 0 Å². The Labute approximate surface area is 394 Å². The van der Waals surface area contributed by atoms with Crippen molar-refractivity contribution in [3.05, 3.63) is 149 Å². The molecule has 1 aromatic heterocycles. The molecule has 66 heavy (non-hydrogen) atoms. The topological polar surface area (TPSA) is 19.6 Å². The molecule has 3 aliphatic carbocycles. The standard InChI is InChI=1S/C62H67BN2O/c1-59(2,3)41-25-29-44(30-26-41)64-52-35-40(39-19-12-10-13-20-39)36-53-56(52)63(58-57(64)46-37-42(60(4,5)6)28-32-54(46)66-58)49-31-27-43(61(7,8)9)38-51(49)65(53)50-24-18-23-48-55(50)45-21-14-15-22-47(45)62(48)33-16-11-17-34-62/h14-15,18,21-32,35-39H,10-13,16-17,19-20,33-34H2,1-9H3. The molecule has 6 aromatic carbocycles. The van der Waals surface area contributed by atoms with Gasteiger partial charge in [0.25, 0.3) is 6.71 Å². The van der Waals surface area contributed by atoms with Gasteiger partial charge >= 0.3 is 0 Å². The molecule has 0 N–H and O–H groups in total. The van der Waals surface area contributed by atoms with Gasteiger partial charge in [-0.1, -0.05) is 168 Å². The first-order chi connectivity index (χ1) is 31.6. The van der Waals surface area contributed by atoms with E-state index in [0.29, 0.717) is 5.92 Å². The van der Waals surface area contributed by atoms with E-state index >= 15 is 0 Å². The zero-order valence-corrected chi connectivity index (χ0v) is 41.0. The molecule has 4 heteroatoms. The molecule has 0 unspecified atom stereocenters. The second-order valence-electron chi connectivity index (χ2n) is 23.9.